The molecule has 0 unspecified atom stereocenters. The molecule has 1 aliphatic rings. The molecule has 1 amide bonds. The van der Waals surface area contributed by atoms with Gasteiger partial charge in [0.05, 0.1) is 5.25 Å². The van der Waals surface area contributed by atoms with Crippen molar-refractivity contribution in [1.29, 1.82) is 0 Å². The minimum absolute atomic E-state index is 0.136. The number of rotatable bonds is 7. The molecule has 0 fully saturated rings. The number of allylic oxidation sites excluding steroid dienone is 1. The lowest BCUT2D eigenvalue weighted by atomic mass is 10.2. The lowest BCUT2D eigenvalue weighted by molar-refractivity contribution is -0.115. The number of hydrogen-bond donors (Lipinski definition) is 1. The zero-order valence-electron chi connectivity index (χ0n) is 15.9. The van der Waals surface area contributed by atoms with Crippen molar-refractivity contribution in [2.45, 2.75) is 23.9 Å². The minimum atomic E-state index is -0.378. The van der Waals surface area contributed by atoms with Crippen LogP contribution in [0.4, 0.5) is 5.69 Å². The maximum atomic E-state index is 12.7. The Kier molecular flexibility index (Phi) is 5.53. The van der Waals surface area contributed by atoms with Crippen LogP contribution in [0.15, 0.2) is 66.3 Å². The number of carbonyl (C=O) groups excluding carboxylic acids is 1. The first-order valence-electron chi connectivity index (χ1n) is 9.12. The van der Waals surface area contributed by atoms with Crippen molar-refractivity contribution in [2.75, 3.05) is 12.1 Å². The Morgan fingerprint density at radius 2 is 2.03 bits per heavy atom. The highest BCUT2D eigenvalue weighted by Gasteiger charge is 2.21. The van der Waals surface area contributed by atoms with E-state index < -0.39 is 0 Å². The first-order chi connectivity index (χ1) is 14.2. The van der Waals surface area contributed by atoms with Gasteiger partial charge in [-0.15, -0.1) is 16.8 Å². The van der Waals surface area contributed by atoms with Crippen molar-refractivity contribution in [3.63, 3.8) is 0 Å². The lowest BCUT2D eigenvalue weighted by Crippen LogP contribution is -2.23. The number of aromatic nitrogens is 3. The standard InChI is InChI=1S/C21H20N4O3S/c1-3-11-25-19(15-7-5-4-6-8-15)23-24-21(25)29-14(2)20(26)22-16-9-10-17-18(12-16)28-13-27-17/h3-10,12,14H,1,11,13H2,2H3,(H,22,26)/t14-/m0/s1. The molecule has 3 aromatic rings. The number of ether oxygens (including phenoxy) is 2. The fourth-order valence-corrected chi connectivity index (χ4v) is 3.76. The van der Waals surface area contributed by atoms with Gasteiger partial charge in [0.2, 0.25) is 12.7 Å². The van der Waals surface area contributed by atoms with Crippen molar-refractivity contribution < 1.29 is 14.3 Å². The molecule has 2 aromatic carbocycles. The van der Waals surface area contributed by atoms with Crippen LogP contribution in [0, 0.1) is 0 Å². The van der Waals surface area contributed by atoms with E-state index in [2.05, 4.69) is 22.1 Å². The predicted octanol–water partition coefficient (Wildman–Crippen LogP) is 3.98. The molecule has 0 spiro atoms. The van der Waals surface area contributed by atoms with Crippen molar-refractivity contribution >= 4 is 23.4 Å². The molecule has 0 radical (unpaired) electrons. The first-order valence-corrected chi connectivity index (χ1v) is 10.0. The van der Waals surface area contributed by atoms with Crippen LogP contribution in [0.3, 0.4) is 0 Å². The highest BCUT2D eigenvalue weighted by molar-refractivity contribution is 8.00. The van der Waals surface area contributed by atoms with Crippen LogP contribution in [0.2, 0.25) is 0 Å². The number of fused-ring (bicyclic) bond motifs is 1. The summed E-state index contributed by atoms with van der Waals surface area (Å²) in [5.74, 6) is 1.91. The molecule has 1 aliphatic heterocycles. The second kappa shape index (κ2) is 8.40. The van der Waals surface area contributed by atoms with Gasteiger partial charge in [-0.2, -0.15) is 0 Å². The summed E-state index contributed by atoms with van der Waals surface area (Å²) in [4.78, 5) is 12.7. The molecule has 29 heavy (non-hydrogen) atoms. The molecule has 0 saturated carbocycles. The molecule has 0 saturated heterocycles. The topological polar surface area (TPSA) is 78.3 Å². The Morgan fingerprint density at radius 1 is 1.24 bits per heavy atom. The van der Waals surface area contributed by atoms with Crippen LogP contribution in [-0.4, -0.2) is 32.7 Å². The number of thioether (sulfide) groups is 1. The third-order valence-electron chi connectivity index (χ3n) is 4.35. The number of hydrogen-bond acceptors (Lipinski definition) is 6. The number of nitrogens with one attached hydrogen (secondary N) is 1. The molecule has 148 valence electrons. The van der Waals surface area contributed by atoms with Gasteiger partial charge in [-0.1, -0.05) is 48.2 Å². The van der Waals surface area contributed by atoms with Crippen molar-refractivity contribution in [1.82, 2.24) is 14.8 Å². The second-order valence-corrected chi connectivity index (χ2v) is 7.70. The number of anilines is 1. The summed E-state index contributed by atoms with van der Waals surface area (Å²) in [6.07, 6.45) is 1.79. The molecule has 4 rings (SSSR count). The van der Waals surface area contributed by atoms with Gasteiger partial charge >= 0.3 is 0 Å². The summed E-state index contributed by atoms with van der Waals surface area (Å²) in [6, 6.07) is 15.1. The van der Waals surface area contributed by atoms with Gasteiger partial charge in [0.25, 0.3) is 0 Å². The van der Waals surface area contributed by atoms with Crippen LogP contribution < -0.4 is 14.8 Å². The summed E-state index contributed by atoms with van der Waals surface area (Å²) >= 11 is 1.35. The Hall–Kier alpha value is -3.26. The maximum Gasteiger partial charge on any atom is 0.237 e. The fraction of sp³-hybridized carbons (Fsp3) is 0.190. The monoisotopic (exact) mass is 408 g/mol. The van der Waals surface area contributed by atoms with Crippen LogP contribution in [0.1, 0.15) is 6.92 Å². The quantitative estimate of drug-likeness (QED) is 0.471. The third-order valence-corrected chi connectivity index (χ3v) is 5.43. The van der Waals surface area contributed by atoms with Gasteiger partial charge in [0, 0.05) is 23.9 Å². The summed E-state index contributed by atoms with van der Waals surface area (Å²) in [7, 11) is 0. The largest absolute Gasteiger partial charge is 0.454 e. The van der Waals surface area contributed by atoms with E-state index in [0.717, 1.165) is 11.4 Å². The number of nitrogens with zero attached hydrogens (tertiary/aromatic N) is 3. The minimum Gasteiger partial charge on any atom is -0.454 e. The van der Waals surface area contributed by atoms with Gasteiger partial charge < -0.3 is 14.8 Å². The summed E-state index contributed by atoms with van der Waals surface area (Å²) < 4.78 is 12.6. The van der Waals surface area contributed by atoms with Crippen LogP contribution in [0.5, 0.6) is 11.5 Å². The third kappa shape index (κ3) is 4.12. The van der Waals surface area contributed by atoms with E-state index in [1.807, 2.05) is 41.8 Å². The molecule has 1 aromatic heterocycles. The fourth-order valence-electron chi connectivity index (χ4n) is 2.90. The van der Waals surface area contributed by atoms with E-state index in [0.29, 0.717) is 28.9 Å². The van der Waals surface area contributed by atoms with Crippen LogP contribution in [-0.2, 0) is 11.3 Å². The Morgan fingerprint density at radius 3 is 2.83 bits per heavy atom. The highest BCUT2D eigenvalue weighted by atomic mass is 32.2. The normalized spacial score (nSPS) is 13.1. The van der Waals surface area contributed by atoms with Gasteiger partial charge in [-0.05, 0) is 19.1 Å². The number of carbonyl (C=O) groups is 1. The van der Waals surface area contributed by atoms with E-state index in [-0.39, 0.29) is 18.0 Å². The molecule has 0 bridgehead atoms. The van der Waals surface area contributed by atoms with Crippen molar-refractivity contribution in [3.05, 3.63) is 61.2 Å². The number of amides is 1. The van der Waals surface area contributed by atoms with Crippen molar-refractivity contribution in [2.24, 2.45) is 0 Å². The van der Waals surface area contributed by atoms with Gasteiger partial charge in [0.1, 0.15) is 0 Å². The molecular weight excluding hydrogens is 388 g/mol. The Balaban J connectivity index is 1.49. The van der Waals surface area contributed by atoms with Gasteiger partial charge in [-0.3, -0.25) is 9.36 Å². The zero-order valence-corrected chi connectivity index (χ0v) is 16.7. The Labute approximate surface area is 172 Å². The molecule has 1 atom stereocenters. The van der Waals surface area contributed by atoms with E-state index in [1.54, 1.807) is 24.3 Å². The van der Waals surface area contributed by atoms with E-state index in [4.69, 9.17) is 9.47 Å². The molecular formula is C21H20N4O3S. The SMILES string of the molecule is C=CCn1c(S[C@@H](C)C(=O)Nc2ccc3c(c2)OCO3)nnc1-c1ccccc1. The van der Waals surface area contributed by atoms with E-state index >= 15 is 0 Å². The predicted molar refractivity (Wildman–Crippen MR) is 112 cm³/mol. The summed E-state index contributed by atoms with van der Waals surface area (Å²) in [6.45, 7) is 6.41. The Bertz CT molecular complexity index is 1040. The van der Waals surface area contributed by atoms with Gasteiger partial charge in [-0.25, -0.2) is 0 Å². The second-order valence-electron chi connectivity index (χ2n) is 6.39. The van der Waals surface area contributed by atoms with E-state index in [1.165, 1.54) is 11.8 Å². The zero-order chi connectivity index (χ0) is 20.2. The molecule has 8 heteroatoms. The average molecular weight is 408 g/mol. The number of benzene rings is 2. The smallest absolute Gasteiger partial charge is 0.237 e. The molecule has 2 heterocycles. The maximum absolute atomic E-state index is 12.7. The van der Waals surface area contributed by atoms with Crippen LogP contribution in [0.25, 0.3) is 11.4 Å². The first kappa shape index (κ1) is 19.1. The van der Waals surface area contributed by atoms with Crippen molar-refractivity contribution in [3.8, 4) is 22.9 Å². The van der Waals surface area contributed by atoms with Crippen LogP contribution >= 0.6 is 11.8 Å². The highest BCUT2D eigenvalue weighted by Crippen LogP contribution is 2.34. The van der Waals surface area contributed by atoms with E-state index in [9.17, 15) is 4.79 Å². The average Bonchev–Trinajstić information content (AvgIpc) is 3.36. The molecule has 7 nitrogen and oxygen atoms in total. The summed E-state index contributed by atoms with van der Waals surface area (Å²) in [5, 5.41) is 11.8. The molecule has 0 aliphatic carbocycles. The molecule has 1 N–H and O–H groups in total. The van der Waals surface area contributed by atoms with Gasteiger partial charge in [0.15, 0.2) is 22.5 Å². The lowest BCUT2D eigenvalue weighted by Gasteiger charge is -2.13. The summed E-state index contributed by atoms with van der Waals surface area (Å²) in [5.41, 5.74) is 1.62.